The zero-order valence-electron chi connectivity index (χ0n) is 11.5. The Balaban J connectivity index is 1.85. The predicted molar refractivity (Wildman–Crippen MR) is 84.6 cm³/mol. The normalized spacial score (nSPS) is 16.9. The van der Waals surface area contributed by atoms with Gasteiger partial charge in [-0.1, -0.05) is 24.1 Å². The van der Waals surface area contributed by atoms with Crippen molar-refractivity contribution in [2.75, 3.05) is 19.6 Å². The predicted octanol–water partition coefficient (Wildman–Crippen LogP) is 3.91. The molecule has 0 amide bonds. The minimum Gasteiger partial charge on any atom is -0.324 e. The first-order chi connectivity index (χ1) is 9.79. The van der Waals surface area contributed by atoms with Crippen LogP contribution in [0.1, 0.15) is 25.1 Å². The molecular formula is C15H19Cl2N3. The highest BCUT2D eigenvalue weighted by Crippen LogP contribution is 2.25. The van der Waals surface area contributed by atoms with Crippen molar-refractivity contribution in [1.29, 1.82) is 0 Å². The summed E-state index contributed by atoms with van der Waals surface area (Å²) in [6, 6.07) is 5.85. The van der Waals surface area contributed by atoms with E-state index in [-0.39, 0.29) is 0 Å². The largest absolute Gasteiger partial charge is 0.324 e. The van der Waals surface area contributed by atoms with E-state index in [1.165, 1.54) is 32.4 Å². The molecule has 0 atom stereocenters. The molecule has 0 radical (unpaired) electrons. The Hall–Kier alpha value is -0.770. The van der Waals surface area contributed by atoms with Gasteiger partial charge in [-0.05, 0) is 38.1 Å². The van der Waals surface area contributed by atoms with E-state index in [1.54, 1.807) is 0 Å². The highest BCUT2D eigenvalue weighted by Gasteiger charge is 2.15. The van der Waals surface area contributed by atoms with Gasteiger partial charge < -0.3 is 9.47 Å². The lowest BCUT2D eigenvalue weighted by atomic mass is 10.1. The molecule has 0 unspecified atom stereocenters. The van der Waals surface area contributed by atoms with Gasteiger partial charge in [0.25, 0.3) is 0 Å². The number of nitrogens with zero attached hydrogens (tertiary/aromatic N) is 3. The van der Waals surface area contributed by atoms with Gasteiger partial charge in [0.15, 0.2) is 0 Å². The maximum atomic E-state index is 6.34. The van der Waals surface area contributed by atoms with Gasteiger partial charge in [0.05, 0.1) is 21.9 Å². The summed E-state index contributed by atoms with van der Waals surface area (Å²) in [7, 11) is 0. The molecule has 108 valence electrons. The molecule has 5 heteroatoms. The maximum absolute atomic E-state index is 6.34. The van der Waals surface area contributed by atoms with Crippen LogP contribution in [0.25, 0.3) is 11.0 Å². The number of piperidine rings is 1. The first kappa shape index (κ1) is 14.2. The zero-order chi connectivity index (χ0) is 13.9. The monoisotopic (exact) mass is 311 g/mol. The van der Waals surface area contributed by atoms with Gasteiger partial charge in [0.1, 0.15) is 5.82 Å². The van der Waals surface area contributed by atoms with Crippen molar-refractivity contribution in [1.82, 2.24) is 14.5 Å². The van der Waals surface area contributed by atoms with Gasteiger partial charge in [0.2, 0.25) is 0 Å². The smallest absolute Gasteiger partial charge is 0.124 e. The Labute approximate surface area is 129 Å². The molecule has 1 aromatic heterocycles. The molecular weight excluding hydrogens is 293 g/mol. The second kappa shape index (κ2) is 6.33. The van der Waals surface area contributed by atoms with E-state index in [4.69, 9.17) is 23.2 Å². The van der Waals surface area contributed by atoms with Crippen LogP contribution in [0.3, 0.4) is 0 Å². The van der Waals surface area contributed by atoms with Crippen LogP contribution in [0.4, 0.5) is 0 Å². The summed E-state index contributed by atoms with van der Waals surface area (Å²) in [5, 5.41) is 0.755. The number of hydrogen-bond acceptors (Lipinski definition) is 2. The van der Waals surface area contributed by atoms with Gasteiger partial charge in [-0.2, -0.15) is 0 Å². The van der Waals surface area contributed by atoms with Crippen molar-refractivity contribution in [2.45, 2.75) is 31.7 Å². The average Bonchev–Trinajstić information content (AvgIpc) is 2.85. The maximum Gasteiger partial charge on any atom is 0.124 e. The van der Waals surface area contributed by atoms with E-state index < -0.39 is 0 Å². The Morgan fingerprint density at radius 1 is 1.10 bits per heavy atom. The molecule has 0 spiro atoms. The van der Waals surface area contributed by atoms with Crippen molar-refractivity contribution < 1.29 is 0 Å². The minimum atomic E-state index is 0.422. The summed E-state index contributed by atoms with van der Waals surface area (Å²) in [6.07, 6.45) is 3.99. The number of aromatic nitrogens is 2. The molecule has 2 heterocycles. The summed E-state index contributed by atoms with van der Waals surface area (Å²) in [5.41, 5.74) is 1.95. The molecule has 1 fully saturated rings. The fourth-order valence-electron chi connectivity index (χ4n) is 2.96. The zero-order valence-corrected chi connectivity index (χ0v) is 13.0. The van der Waals surface area contributed by atoms with Gasteiger partial charge in [-0.3, -0.25) is 0 Å². The fraction of sp³-hybridized carbons (Fsp3) is 0.533. The van der Waals surface area contributed by atoms with Crippen molar-refractivity contribution in [3.8, 4) is 0 Å². The Bertz CT molecular complexity index is 588. The van der Waals surface area contributed by atoms with Crippen LogP contribution in [0.2, 0.25) is 5.02 Å². The number of halogens is 2. The summed E-state index contributed by atoms with van der Waals surface area (Å²) >= 11 is 12.4. The molecule has 0 N–H and O–H groups in total. The van der Waals surface area contributed by atoms with E-state index in [2.05, 4.69) is 14.5 Å². The number of para-hydroxylation sites is 1. The lowest BCUT2D eigenvalue weighted by Crippen LogP contribution is -2.32. The molecule has 0 bridgehead atoms. The van der Waals surface area contributed by atoms with E-state index in [9.17, 15) is 0 Å². The van der Waals surface area contributed by atoms with Gasteiger partial charge in [-0.15, -0.1) is 11.6 Å². The van der Waals surface area contributed by atoms with Crippen LogP contribution in [-0.4, -0.2) is 34.1 Å². The van der Waals surface area contributed by atoms with Gasteiger partial charge in [-0.25, -0.2) is 4.98 Å². The first-order valence-corrected chi connectivity index (χ1v) is 8.13. The van der Waals surface area contributed by atoms with Crippen LogP contribution in [0.5, 0.6) is 0 Å². The topological polar surface area (TPSA) is 21.1 Å². The molecule has 1 aliphatic rings. The van der Waals surface area contributed by atoms with E-state index in [1.807, 2.05) is 18.2 Å². The van der Waals surface area contributed by atoms with Crippen LogP contribution in [-0.2, 0) is 12.4 Å². The molecule has 0 aliphatic carbocycles. The van der Waals surface area contributed by atoms with E-state index in [0.717, 1.165) is 35.0 Å². The molecule has 1 saturated heterocycles. The number of benzene rings is 1. The molecule has 0 saturated carbocycles. The number of alkyl halides is 1. The number of imidazole rings is 1. The van der Waals surface area contributed by atoms with E-state index in [0.29, 0.717) is 5.88 Å². The van der Waals surface area contributed by atoms with Crippen molar-refractivity contribution in [3.63, 3.8) is 0 Å². The van der Waals surface area contributed by atoms with Gasteiger partial charge >= 0.3 is 0 Å². The third-order valence-corrected chi connectivity index (χ3v) is 4.55. The van der Waals surface area contributed by atoms with Crippen molar-refractivity contribution in [2.24, 2.45) is 0 Å². The second-order valence-corrected chi connectivity index (χ2v) is 6.00. The SMILES string of the molecule is ClCc1nc2cccc(Cl)c2n1CCN1CCCCC1. The average molecular weight is 312 g/mol. The van der Waals surface area contributed by atoms with Crippen LogP contribution >= 0.6 is 23.2 Å². The third kappa shape index (κ3) is 2.80. The van der Waals surface area contributed by atoms with Crippen molar-refractivity contribution in [3.05, 3.63) is 29.0 Å². The van der Waals surface area contributed by atoms with Gasteiger partial charge in [0, 0.05) is 13.1 Å². The van der Waals surface area contributed by atoms with Crippen molar-refractivity contribution >= 4 is 34.2 Å². The number of likely N-dealkylation sites (tertiary alicyclic amines) is 1. The quantitative estimate of drug-likeness (QED) is 0.798. The standard InChI is InChI=1S/C15H19Cl2N3/c16-11-14-18-13-6-4-5-12(17)15(13)20(14)10-9-19-7-2-1-3-8-19/h4-6H,1-3,7-11H2. The minimum absolute atomic E-state index is 0.422. The second-order valence-electron chi connectivity index (χ2n) is 5.32. The highest BCUT2D eigenvalue weighted by molar-refractivity contribution is 6.35. The van der Waals surface area contributed by atoms with E-state index >= 15 is 0 Å². The van der Waals surface area contributed by atoms with Crippen LogP contribution in [0, 0.1) is 0 Å². The molecule has 2 aromatic rings. The summed E-state index contributed by atoms with van der Waals surface area (Å²) < 4.78 is 2.18. The molecule has 1 aromatic carbocycles. The number of rotatable bonds is 4. The summed E-state index contributed by atoms with van der Waals surface area (Å²) in [5.74, 6) is 1.33. The summed E-state index contributed by atoms with van der Waals surface area (Å²) in [6.45, 7) is 4.36. The lowest BCUT2D eigenvalue weighted by molar-refractivity contribution is 0.221. The molecule has 3 nitrogen and oxygen atoms in total. The molecule has 1 aliphatic heterocycles. The fourth-order valence-corrected chi connectivity index (χ4v) is 3.43. The lowest BCUT2D eigenvalue weighted by Gasteiger charge is -2.26. The Kier molecular flexibility index (Phi) is 4.49. The third-order valence-electron chi connectivity index (χ3n) is 4.00. The summed E-state index contributed by atoms with van der Waals surface area (Å²) in [4.78, 5) is 7.10. The molecule has 3 rings (SSSR count). The Morgan fingerprint density at radius 2 is 1.90 bits per heavy atom. The number of fused-ring (bicyclic) bond motifs is 1. The van der Waals surface area contributed by atoms with Crippen LogP contribution in [0.15, 0.2) is 18.2 Å². The number of hydrogen-bond donors (Lipinski definition) is 0. The Morgan fingerprint density at radius 3 is 2.65 bits per heavy atom. The highest BCUT2D eigenvalue weighted by atomic mass is 35.5. The van der Waals surface area contributed by atoms with Crippen LogP contribution < -0.4 is 0 Å². The molecule has 20 heavy (non-hydrogen) atoms. The first-order valence-electron chi connectivity index (χ1n) is 7.21.